The fourth-order valence-electron chi connectivity index (χ4n) is 2.24. The Hall–Kier alpha value is -1.74. The number of hydrogen-bond donors (Lipinski definition) is 2. The molecule has 1 aromatic carbocycles. The van der Waals surface area contributed by atoms with Gasteiger partial charge in [0.2, 0.25) is 0 Å². The number of para-hydroxylation sites is 1. The number of nitrogens with one attached hydrogen (secondary N) is 1. The van der Waals surface area contributed by atoms with Crippen LogP contribution in [0, 0.1) is 6.08 Å². The molecule has 0 heterocycles. The molecule has 0 aromatic heterocycles. The molecule has 3 N–H and O–H groups in total. The summed E-state index contributed by atoms with van der Waals surface area (Å²) in [5.41, 5.74) is 6.05. The Morgan fingerprint density at radius 1 is 1.32 bits per heavy atom. The summed E-state index contributed by atoms with van der Waals surface area (Å²) < 4.78 is 7.92. The second-order valence-electron chi connectivity index (χ2n) is 5.57. The number of carbonyl (C=O) groups excluding carboxylic acids is 1. The topological polar surface area (TPSA) is 76.7 Å². The molecule has 1 atom stereocenters. The Balaban J connectivity index is 2.94. The second-order valence-corrected chi connectivity index (χ2v) is 6.41. The molecule has 1 unspecified atom stereocenters. The zero-order valence-corrected chi connectivity index (χ0v) is 17.8. The van der Waals surface area contributed by atoms with E-state index in [2.05, 4.69) is 30.2 Å². The molecule has 6 heteroatoms. The normalized spacial score (nSPS) is 13.2. The Labute approximate surface area is 161 Å². The third kappa shape index (κ3) is 9.35. The van der Waals surface area contributed by atoms with Gasteiger partial charge in [0.25, 0.3) is 0 Å². The van der Waals surface area contributed by atoms with Crippen LogP contribution >= 0.6 is 0 Å². The quantitative estimate of drug-likeness (QED) is 0.207. The first-order valence-corrected chi connectivity index (χ1v) is 10.2. The third-order valence-corrected chi connectivity index (χ3v) is 4.10. The Morgan fingerprint density at radius 3 is 2.60 bits per heavy atom. The van der Waals surface area contributed by atoms with E-state index < -0.39 is 5.91 Å². The maximum atomic E-state index is 11.3. The van der Waals surface area contributed by atoms with E-state index in [1.54, 1.807) is 0 Å². The molecular formula is C19H26N3O2W-. The van der Waals surface area contributed by atoms with E-state index in [1.807, 2.05) is 34.7 Å². The van der Waals surface area contributed by atoms with E-state index in [9.17, 15) is 4.79 Å². The van der Waals surface area contributed by atoms with Crippen molar-refractivity contribution in [2.45, 2.75) is 52.1 Å². The number of benzene rings is 1. The average Bonchev–Trinajstić information content (AvgIpc) is 2.59. The van der Waals surface area contributed by atoms with Crippen molar-refractivity contribution in [1.29, 1.82) is 0 Å². The number of rotatable bonds is 11. The maximum absolute atomic E-state index is 11.3. The molecule has 0 aliphatic rings. The van der Waals surface area contributed by atoms with E-state index in [-0.39, 0.29) is 11.9 Å². The minimum atomic E-state index is -0.680. The molecule has 0 saturated carbocycles. The molecule has 0 radical (unpaired) electrons. The third-order valence-electron chi connectivity index (χ3n) is 3.38. The summed E-state index contributed by atoms with van der Waals surface area (Å²) >= 11 is 1.22. The fraction of sp³-hybridized carbons (Fsp3) is 0.421. The van der Waals surface area contributed by atoms with Crippen LogP contribution in [0.2, 0.25) is 0 Å². The second kappa shape index (κ2) is 12.6. The van der Waals surface area contributed by atoms with E-state index >= 15 is 0 Å². The fourth-order valence-corrected chi connectivity index (χ4v) is 2.63. The van der Waals surface area contributed by atoms with E-state index in [4.69, 9.17) is 10.5 Å². The molecule has 136 valence electrons. The molecule has 0 fully saturated rings. The summed E-state index contributed by atoms with van der Waals surface area (Å²) in [4.78, 5) is 15.7. The number of amides is 1. The van der Waals surface area contributed by atoms with Crippen LogP contribution in [0.5, 0.6) is 0 Å². The molecular weight excluding hydrogens is 486 g/mol. The standard InChI is InChI=1S/C19H26N3O2.W/c1-4-6-13-17(10-5-2)24-15(3)21-19(14-18(20)23)22-16-11-8-7-9-12-16;/h3,7-9,11-12,17,22H,4-6,10,13H2,1-2H3,(H2,20,23);/q-1;/b21-15+;. The van der Waals surface area contributed by atoms with Gasteiger partial charge in [-0.05, 0) is 0 Å². The molecule has 5 nitrogen and oxygen atoms in total. The number of primary amides is 1. The summed E-state index contributed by atoms with van der Waals surface area (Å²) in [7, 11) is 0. The number of hydrogen-bond acceptors (Lipinski definition) is 4. The van der Waals surface area contributed by atoms with Crippen LogP contribution < -0.4 is 11.1 Å². The minimum absolute atomic E-state index is 0.130. The van der Waals surface area contributed by atoms with Crippen LogP contribution in [-0.4, -0.2) is 22.3 Å². The van der Waals surface area contributed by atoms with Crippen LogP contribution in [0.4, 0.5) is 5.69 Å². The number of anilines is 1. The van der Waals surface area contributed by atoms with Gasteiger partial charge in [0, 0.05) is 0 Å². The molecule has 1 amide bonds. The van der Waals surface area contributed by atoms with Gasteiger partial charge in [0.15, 0.2) is 0 Å². The first-order chi connectivity index (χ1) is 12.1. The zero-order chi connectivity index (χ0) is 18.5. The van der Waals surface area contributed by atoms with Gasteiger partial charge in [-0.1, -0.05) is 0 Å². The molecule has 0 aliphatic carbocycles. The van der Waals surface area contributed by atoms with Crippen molar-refractivity contribution in [3.05, 3.63) is 42.2 Å². The number of nitrogens with zero attached hydrogens (tertiary/aromatic N) is 1. The van der Waals surface area contributed by atoms with Crippen molar-refractivity contribution in [3.8, 4) is 0 Å². The van der Waals surface area contributed by atoms with Crippen molar-refractivity contribution in [1.82, 2.24) is 0 Å². The molecule has 0 bridgehead atoms. The molecule has 0 spiro atoms. The van der Waals surface area contributed by atoms with E-state index in [1.165, 1.54) is 19.4 Å². The molecule has 1 rings (SSSR count). The van der Waals surface area contributed by atoms with Gasteiger partial charge in [-0.2, -0.15) is 0 Å². The van der Waals surface area contributed by atoms with Gasteiger partial charge in [-0.25, -0.2) is 0 Å². The molecule has 0 aliphatic heterocycles. The van der Waals surface area contributed by atoms with Crippen molar-refractivity contribution in [2.75, 3.05) is 5.32 Å². The summed E-state index contributed by atoms with van der Waals surface area (Å²) in [6, 6.07) is 9.45. The monoisotopic (exact) mass is 512 g/mol. The number of aliphatic imine (C=N–C) groups is 1. The average molecular weight is 512 g/mol. The SMILES string of the molecule is CCCCC(CCC)O/C([CH]=[W])=N/C(=[C-]C(N)=O)Nc1ccccc1. The van der Waals surface area contributed by atoms with E-state index in [0.29, 0.717) is 5.90 Å². The van der Waals surface area contributed by atoms with Crippen molar-refractivity contribution < 1.29 is 28.9 Å². The van der Waals surface area contributed by atoms with Crippen LogP contribution in [0.1, 0.15) is 46.0 Å². The van der Waals surface area contributed by atoms with E-state index in [0.717, 1.165) is 37.8 Å². The van der Waals surface area contributed by atoms with Crippen molar-refractivity contribution in [2.24, 2.45) is 10.7 Å². The number of ether oxygens (including phenoxy) is 1. The van der Waals surface area contributed by atoms with Gasteiger partial charge in [0.05, 0.1) is 0 Å². The summed E-state index contributed by atoms with van der Waals surface area (Å²) in [6.45, 7) is 4.31. The first kappa shape index (κ1) is 21.3. The van der Waals surface area contributed by atoms with Crippen LogP contribution in [0.15, 0.2) is 41.1 Å². The summed E-state index contributed by atoms with van der Waals surface area (Å²) in [5.74, 6) is 0.0646. The predicted octanol–water partition coefficient (Wildman–Crippen LogP) is 3.35. The first-order valence-electron chi connectivity index (χ1n) is 8.55. The molecule has 1 aromatic rings. The number of carbonyl (C=O) groups is 1. The van der Waals surface area contributed by atoms with Crippen molar-refractivity contribution >= 4 is 21.9 Å². The summed E-state index contributed by atoms with van der Waals surface area (Å²) in [5, 5.41) is 3.05. The molecule has 25 heavy (non-hydrogen) atoms. The van der Waals surface area contributed by atoms with Crippen LogP contribution in [0.3, 0.4) is 0 Å². The Morgan fingerprint density at radius 2 is 2.04 bits per heavy atom. The zero-order valence-electron chi connectivity index (χ0n) is 14.8. The predicted molar refractivity (Wildman–Crippen MR) is 98.8 cm³/mol. The number of unbranched alkanes of at least 4 members (excludes halogenated alkanes) is 1. The van der Waals surface area contributed by atoms with Crippen LogP contribution in [0.25, 0.3) is 0 Å². The molecule has 0 saturated heterocycles. The Bertz CT molecular complexity index is 600. The summed E-state index contributed by atoms with van der Waals surface area (Å²) in [6.07, 6.45) is 7.92. The van der Waals surface area contributed by atoms with Gasteiger partial charge < -0.3 is 0 Å². The van der Waals surface area contributed by atoms with Gasteiger partial charge in [0.1, 0.15) is 0 Å². The van der Waals surface area contributed by atoms with Crippen molar-refractivity contribution in [3.63, 3.8) is 0 Å². The van der Waals surface area contributed by atoms with Gasteiger partial charge in [-0.3, -0.25) is 0 Å². The van der Waals surface area contributed by atoms with Crippen LogP contribution in [-0.2, 0) is 28.9 Å². The Kier molecular flexibility index (Phi) is 10.7. The van der Waals surface area contributed by atoms with Gasteiger partial charge in [-0.15, -0.1) is 0 Å². The number of nitrogens with two attached hydrogens (primary N) is 1. The van der Waals surface area contributed by atoms with Gasteiger partial charge >= 0.3 is 161 Å².